The standard InChI is InChI=1S/C15H13N3O3/c1-10(12-3-5-13(19)6-4-12)16-20-9-11-2-7-14-15(8-11)18-21-17-14/h2-8,19H,9H2,1H3/b16-10+. The molecule has 0 amide bonds. The number of oxime groups is 1. The second-order valence-corrected chi connectivity index (χ2v) is 4.58. The van der Waals surface area contributed by atoms with Crippen LogP contribution in [0.5, 0.6) is 5.75 Å². The molecule has 1 N–H and O–H groups in total. The van der Waals surface area contributed by atoms with E-state index in [0.29, 0.717) is 17.6 Å². The van der Waals surface area contributed by atoms with E-state index in [1.165, 1.54) is 0 Å². The molecule has 0 saturated carbocycles. The molecule has 0 aliphatic rings. The summed E-state index contributed by atoms with van der Waals surface area (Å²) in [5.41, 5.74) is 3.96. The lowest BCUT2D eigenvalue weighted by Crippen LogP contribution is -1.96. The third kappa shape index (κ3) is 3.00. The van der Waals surface area contributed by atoms with Crippen molar-refractivity contribution in [3.63, 3.8) is 0 Å². The van der Waals surface area contributed by atoms with Gasteiger partial charge in [-0.2, -0.15) is 0 Å². The monoisotopic (exact) mass is 283 g/mol. The maximum atomic E-state index is 9.24. The Morgan fingerprint density at radius 3 is 2.71 bits per heavy atom. The number of rotatable bonds is 4. The van der Waals surface area contributed by atoms with Crippen LogP contribution in [-0.2, 0) is 11.4 Å². The zero-order valence-electron chi connectivity index (χ0n) is 11.4. The van der Waals surface area contributed by atoms with Crippen molar-refractivity contribution in [3.05, 3.63) is 53.6 Å². The number of hydrogen-bond donors (Lipinski definition) is 1. The van der Waals surface area contributed by atoms with Crippen molar-refractivity contribution in [2.45, 2.75) is 13.5 Å². The Morgan fingerprint density at radius 1 is 1.14 bits per heavy atom. The highest BCUT2D eigenvalue weighted by molar-refractivity contribution is 5.98. The summed E-state index contributed by atoms with van der Waals surface area (Å²) in [6, 6.07) is 12.3. The molecule has 0 atom stereocenters. The average molecular weight is 283 g/mol. The highest BCUT2D eigenvalue weighted by Gasteiger charge is 2.02. The lowest BCUT2D eigenvalue weighted by molar-refractivity contribution is 0.130. The van der Waals surface area contributed by atoms with Gasteiger partial charge in [0, 0.05) is 0 Å². The van der Waals surface area contributed by atoms with Gasteiger partial charge in [-0.15, -0.1) is 0 Å². The van der Waals surface area contributed by atoms with Crippen LogP contribution >= 0.6 is 0 Å². The predicted octanol–water partition coefficient (Wildman–Crippen LogP) is 2.87. The van der Waals surface area contributed by atoms with Crippen LogP contribution in [-0.4, -0.2) is 21.1 Å². The van der Waals surface area contributed by atoms with E-state index in [0.717, 1.165) is 16.8 Å². The van der Waals surface area contributed by atoms with Gasteiger partial charge in [0.25, 0.3) is 0 Å². The maximum absolute atomic E-state index is 9.24. The van der Waals surface area contributed by atoms with Crippen LogP contribution in [0.15, 0.2) is 52.2 Å². The first-order chi connectivity index (χ1) is 10.2. The molecule has 21 heavy (non-hydrogen) atoms. The van der Waals surface area contributed by atoms with Crippen molar-refractivity contribution in [3.8, 4) is 5.75 Å². The summed E-state index contributed by atoms with van der Waals surface area (Å²) >= 11 is 0. The fourth-order valence-electron chi connectivity index (χ4n) is 1.88. The topological polar surface area (TPSA) is 80.7 Å². The van der Waals surface area contributed by atoms with Gasteiger partial charge in [-0.25, -0.2) is 4.63 Å². The van der Waals surface area contributed by atoms with E-state index in [4.69, 9.17) is 4.84 Å². The molecule has 6 nitrogen and oxygen atoms in total. The molecule has 0 spiro atoms. The zero-order valence-corrected chi connectivity index (χ0v) is 11.4. The highest BCUT2D eigenvalue weighted by atomic mass is 16.6. The molecule has 0 radical (unpaired) electrons. The van der Waals surface area contributed by atoms with Crippen LogP contribution in [0.2, 0.25) is 0 Å². The Labute approximate surface area is 120 Å². The van der Waals surface area contributed by atoms with Gasteiger partial charge in [-0.3, -0.25) is 0 Å². The Hall–Kier alpha value is -2.89. The van der Waals surface area contributed by atoms with Crippen molar-refractivity contribution in [1.82, 2.24) is 10.3 Å². The minimum atomic E-state index is 0.224. The van der Waals surface area contributed by atoms with E-state index in [-0.39, 0.29) is 5.75 Å². The summed E-state index contributed by atoms with van der Waals surface area (Å²) in [6.45, 7) is 2.18. The van der Waals surface area contributed by atoms with Crippen LogP contribution in [0.1, 0.15) is 18.1 Å². The van der Waals surface area contributed by atoms with Crippen molar-refractivity contribution >= 4 is 16.7 Å². The first-order valence-electron chi connectivity index (χ1n) is 6.39. The number of fused-ring (bicyclic) bond motifs is 1. The number of aromatic hydroxyl groups is 1. The quantitative estimate of drug-likeness (QED) is 0.588. The highest BCUT2D eigenvalue weighted by Crippen LogP contribution is 2.13. The summed E-state index contributed by atoms with van der Waals surface area (Å²) in [6.07, 6.45) is 0. The minimum Gasteiger partial charge on any atom is -0.508 e. The van der Waals surface area contributed by atoms with Crippen molar-refractivity contribution < 1.29 is 14.6 Å². The van der Waals surface area contributed by atoms with Crippen LogP contribution < -0.4 is 0 Å². The Morgan fingerprint density at radius 2 is 1.90 bits per heavy atom. The molecule has 106 valence electrons. The summed E-state index contributed by atoms with van der Waals surface area (Å²) in [5.74, 6) is 0.224. The van der Waals surface area contributed by atoms with E-state index in [9.17, 15) is 5.11 Å². The molecule has 0 unspecified atom stereocenters. The van der Waals surface area contributed by atoms with E-state index in [2.05, 4.69) is 20.1 Å². The van der Waals surface area contributed by atoms with Gasteiger partial charge in [0.05, 0.1) is 5.71 Å². The summed E-state index contributed by atoms with van der Waals surface area (Å²) in [5, 5.41) is 20.8. The third-order valence-electron chi connectivity index (χ3n) is 3.04. The lowest BCUT2D eigenvalue weighted by atomic mass is 10.1. The van der Waals surface area contributed by atoms with E-state index < -0.39 is 0 Å². The van der Waals surface area contributed by atoms with Gasteiger partial charge < -0.3 is 9.94 Å². The van der Waals surface area contributed by atoms with Gasteiger partial charge >= 0.3 is 0 Å². The number of hydrogen-bond acceptors (Lipinski definition) is 6. The van der Waals surface area contributed by atoms with Crippen LogP contribution in [0.3, 0.4) is 0 Å². The Kier molecular flexibility index (Phi) is 3.51. The van der Waals surface area contributed by atoms with Gasteiger partial charge in [0.2, 0.25) is 0 Å². The molecule has 3 aromatic rings. The van der Waals surface area contributed by atoms with Crippen LogP contribution in [0.4, 0.5) is 0 Å². The molecule has 2 aromatic carbocycles. The molecule has 1 aromatic heterocycles. The number of phenols is 1. The maximum Gasteiger partial charge on any atom is 0.142 e. The number of aromatic nitrogens is 2. The second-order valence-electron chi connectivity index (χ2n) is 4.58. The first-order valence-corrected chi connectivity index (χ1v) is 6.39. The van der Waals surface area contributed by atoms with Gasteiger partial charge in [0.15, 0.2) is 0 Å². The molecule has 0 aliphatic heterocycles. The number of phenolic OH excluding ortho intramolecular Hbond substituents is 1. The summed E-state index contributed by atoms with van der Waals surface area (Å²) < 4.78 is 4.64. The minimum absolute atomic E-state index is 0.224. The Bertz CT molecular complexity index is 778. The van der Waals surface area contributed by atoms with Gasteiger partial charge in [-0.05, 0) is 64.8 Å². The average Bonchev–Trinajstić information content (AvgIpc) is 2.95. The normalized spacial score (nSPS) is 11.8. The Balaban J connectivity index is 1.66. The number of benzene rings is 2. The molecule has 0 bridgehead atoms. The third-order valence-corrected chi connectivity index (χ3v) is 3.04. The first kappa shape index (κ1) is 13.1. The van der Waals surface area contributed by atoms with Crippen LogP contribution in [0.25, 0.3) is 11.0 Å². The molecule has 0 saturated heterocycles. The van der Waals surface area contributed by atoms with Gasteiger partial charge in [-0.1, -0.05) is 11.2 Å². The van der Waals surface area contributed by atoms with Crippen molar-refractivity contribution in [2.24, 2.45) is 5.16 Å². The molecular weight excluding hydrogens is 270 g/mol. The SMILES string of the molecule is C/C(=N\OCc1ccc2nonc2c1)c1ccc(O)cc1. The fraction of sp³-hybridized carbons (Fsp3) is 0.133. The smallest absolute Gasteiger partial charge is 0.142 e. The zero-order chi connectivity index (χ0) is 14.7. The molecule has 1 heterocycles. The van der Waals surface area contributed by atoms with Gasteiger partial charge in [0.1, 0.15) is 23.4 Å². The largest absolute Gasteiger partial charge is 0.508 e. The fourth-order valence-corrected chi connectivity index (χ4v) is 1.88. The lowest BCUT2D eigenvalue weighted by Gasteiger charge is -2.03. The molecule has 0 fully saturated rings. The van der Waals surface area contributed by atoms with E-state index in [1.54, 1.807) is 24.3 Å². The van der Waals surface area contributed by atoms with E-state index in [1.807, 2.05) is 25.1 Å². The van der Waals surface area contributed by atoms with Crippen molar-refractivity contribution in [1.29, 1.82) is 0 Å². The second kappa shape index (κ2) is 5.62. The van der Waals surface area contributed by atoms with E-state index >= 15 is 0 Å². The predicted molar refractivity (Wildman–Crippen MR) is 76.9 cm³/mol. The summed E-state index contributed by atoms with van der Waals surface area (Å²) in [7, 11) is 0. The molecule has 3 rings (SSSR count). The number of nitrogens with zero attached hydrogens (tertiary/aromatic N) is 3. The molecular formula is C15H13N3O3. The van der Waals surface area contributed by atoms with Crippen LogP contribution in [0, 0.1) is 0 Å². The molecule has 0 aliphatic carbocycles. The summed E-state index contributed by atoms with van der Waals surface area (Å²) in [4.78, 5) is 5.34. The molecule has 6 heteroatoms. The van der Waals surface area contributed by atoms with Crippen molar-refractivity contribution in [2.75, 3.05) is 0 Å².